The van der Waals surface area contributed by atoms with E-state index in [0.29, 0.717) is 11.1 Å². The molecule has 0 fully saturated rings. The summed E-state index contributed by atoms with van der Waals surface area (Å²) in [4.78, 5) is 21.6. The number of benzene rings is 1. The van der Waals surface area contributed by atoms with E-state index in [1.807, 2.05) is 0 Å². The number of nitriles is 1. The first kappa shape index (κ1) is 14.4. The molecule has 0 aliphatic heterocycles. The molecule has 0 heterocycles. The van der Waals surface area contributed by atoms with Crippen LogP contribution in [0.5, 0.6) is 0 Å². The molecular weight excluding hydrogens is 248 g/mol. The van der Waals surface area contributed by atoms with Gasteiger partial charge in [0, 0.05) is 12.1 Å². The van der Waals surface area contributed by atoms with Crippen molar-refractivity contribution in [2.24, 2.45) is 0 Å². The SMILES string of the molecule is CCOC(=O)/C(C#N)=C(\C)c1ccc([N+](=O)[O-])cc1. The van der Waals surface area contributed by atoms with Crippen LogP contribution in [0.3, 0.4) is 0 Å². The topological polar surface area (TPSA) is 93.2 Å². The fourth-order valence-electron chi connectivity index (χ4n) is 1.46. The van der Waals surface area contributed by atoms with Crippen molar-refractivity contribution in [3.8, 4) is 6.07 Å². The number of hydrogen-bond acceptors (Lipinski definition) is 5. The summed E-state index contributed by atoms with van der Waals surface area (Å²) in [5.41, 5.74) is 0.841. The molecular formula is C13H12N2O4. The molecule has 1 rings (SSSR count). The Morgan fingerprint density at radius 3 is 2.42 bits per heavy atom. The second kappa shape index (κ2) is 6.31. The third-order valence-electron chi connectivity index (χ3n) is 2.48. The molecule has 98 valence electrons. The molecule has 0 spiro atoms. The van der Waals surface area contributed by atoms with Crippen LogP contribution in [0.1, 0.15) is 19.4 Å². The lowest BCUT2D eigenvalue weighted by Gasteiger charge is -2.05. The van der Waals surface area contributed by atoms with Gasteiger partial charge in [0.2, 0.25) is 0 Å². The lowest BCUT2D eigenvalue weighted by atomic mass is 10.0. The quantitative estimate of drug-likeness (QED) is 0.272. The van der Waals surface area contributed by atoms with E-state index in [1.54, 1.807) is 19.9 Å². The van der Waals surface area contributed by atoms with E-state index in [1.165, 1.54) is 24.3 Å². The molecule has 1 aromatic rings. The van der Waals surface area contributed by atoms with Crippen LogP contribution < -0.4 is 0 Å². The minimum Gasteiger partial charge on any atom is -0.462 e. The fraction of sp³-hybridized carbons (Fsp3) is 0.231. The highest BCUT2D eigenvalue weighted by atomic mass is 16.6. The number of carbonyl (C=O) groups is 1. The van der Waals surface area contributed by atoms with Gasteiger partial charge in [-0.3, -0.25) is 10.1 Å². The highest BCUT2D eigenvalue weighted by molar-refractivity contribution is 6.01. The molecule has 0 radical (unpaired) electrons. The Morgan fingerprint density at radius 1 is 1.42 bits per heavy atom. The standard InChI is InChI=1S/C13H12N2O4/c1-3-19-13(16)12(8-14)9(2)10-4-6-11(7-5-10)15(17)18/h4-7H,3H2,1-2H3/b12-9+. The van der Waals surface area contributed by atoms with E-state index in [0.717, 1.165) is 0 Å². The molecule has 0 aromatic heterocycles. The minimum atomic E-state index is -0.694. The summed E-state index contributed by atoms with van der Waals surface area (Å²) in [7, 11) is 0. The molecule has 1 aromatic carbocycles. The van der Waals surface area contributed by atoms with Gasteiger partial charge in [-0.25, -0.2) is 4.79 Å². The number of hydrogen-bond donors (Lipinski definition) is 0. The van der Waals surface area contributed by atoms with Crippen molar-refractivity contribution < 1.29 is 14.5 Å². The van der Waals surface area contributed by atoms with Crippen molar-refractivity contribution in [2.75, 3.05) is 6.61 Å². The van der Waals surface area contributed by atoms with Crippen LogP contribution in [0.2, 0.25) is 0 Å². The normalized spacial score (nSPS) is 11.2. The van der Waals surface area contributed by atoms with Crippen LogP contribution >= 0.6 is 0 Å². The summed E-state index contributed by atoms with van der Waals surface area (Å²) in [6.45, 7) is 3.42. The van der Waals surface area contributed by atoms with Crippen LogP contribution in [0.15, 0.2) is 29.8 Å². The van der Waals surface area contributed by atoms with Crippen LogP contribution in [-0.2, 0) is 9.53 Å². The molecule has 6 heteroatoms. The van der Waals surface area contributed by atoms with Crippen molar-refractivity contribution >= 4 is 17.2 Å². The third kappa shape index (κ3) is 3.39. The van der Waals surface area contributed by atoms with Crippen LogP contribution in [0.4, 0.5) is 5.69 Å². The Kier molecular flexibility index (Phi) is 4.77. The summed E-state index contributed by atoms with van der Waals surface area (Å²) in [5.74, 6) is -0.694. The summed E-state index contributed by atoms with van der Waals surface area (Å²) in [5, 5.41) is 19.5. The Balaban J connectivity index is 3.16. The van der Waals surface area contributed by atoms with E-state index in [9.17, 15) is 14.9 Å². The zero-order valence-electron chi connectivity index (χ0n) is 10.5. The molecule has 0 unspecified atom stereocenters. The van der Waals surface area contributed by atoms with Gasteiger partial charge in [0.25, 0.3) is 5.69 Å². The summed E-state index contributed by atoms with van der Waals surface area (Å²) in [6.07, 6.45) is 0. The average Bonchev–Trinajstić information content (AvgIpc) is 2.39. The Hall–Kier alpha value is -2.68. The van der Waals surface area contributed by atoms with Crippen LogP contribution in [0.25, 0.3) is 5.57 Å². The number of nitrogens with zero attached hydrogens (tertiary/aromatic N) is 2. The van der Waals surface area contributed by atoms with E-state index in [-0.39, 0.29) is 17.9 Å². The van der Waals surface area contributed by atoms with Gasteiger partial charge in [-0.2, -0.15) is 5.26 Å². The molecule has 6 nitrogen and oxygen atoms in total. The highest BCUT2D eigenvalue weighted by Crippen LogP contribution is 2.21. The van der Waals surface area contributed by atoms with E-state index >= 15 is 0 Å². The van der Waals surface area contributed by atoms with Gasteiger partial charge in [0.15, 0.2) is 0 Å². The second-order valence-electron chi connectivity index (χ2n) is 3.64. The highest BCUT2D eigenvalue weighted by Gasteiger charge is 2.15. The van der Waals surface area contributed by atoms with Crippen LogP contribution in [0, 0.1) is 21.4 Å². The van der Waals surface area contributed by atoms with E-state index in [2.05, 4.69) is 0 Å². The third-order valence-corrected chi connectivity index (χ3v) is 2.48. The fourth-order valence-corrected chi connectivity index (χ4v) is 1.46. The maximum absolute atomic E-state index is 11.6. The molecule has 0 aliphatic carbocycles. The lowest BCUT2D eigenvalue weighted by molar-refractivity contribution is -0.384. The predicted octanol–water partition coefficient (Wildman–Crippen LogP) is 2.45. The Labute approximate surface area is 110 Å². The van der Waals surface area contributed by atoms with Crippen molar-refractivity contribution in [2.45, 2.75) is 13.8 Å². The number of allylic oxidation sites excluding steroid dienone is 1. The first-order chi connectivity index (χ1) is 9.01. The average molecular weight is 260 g/mol. The molecule has 0 saturated carbocycles. The maximum atomic E-state index is 11.6. The molecule has 0 saturated heterocycles. The van der Waals surface area contributed by atoms with E-state index < -0.39 is 10.9 Å². The number of ether oxygens (including phenoxy) is 1. The van der Waals surface area contributed by atoms with Gasteiger partial charge < -0.3 is 4.74 Å². The number of esters is 1. The summed E-state index contributed by atoms with van der Waals surface area (Å²) >= 11 is 0. The van der Waals surface area contributed by atoms with Crippen molar-refractivity contribution in [3.05, 3.63) is 45.5 Å². The van der Waals surface area contributed by atoms with Crippen LogP contribution in [-0.4, -0.2) is 17.5 Å². The predicted molar refractivity (Wildman–Crippen MR) is 67.9 cm³/mol. The number of rotatable bonds is 4. The van der Waals surface area contributed by atoms with Crippen molar-refractivity contribution in [1.29, 1.82) is 5.26 Å². The van der Waals surface area contributed by atoms with E-state index in [4.69, 9.17) is 10.00 Å². The van der Waals surface area contributed by atoms with Gasteiger partial charge in [-0.15, -0.1) is 0 Å². The Morgan fingerprint density at radius 2 is 2.00 bits per heavy atom. The lowest BCUT2D eigenvalue weighted by Crippen LogP contribution is -2.08. The first-order valence-corrected chi connectivity index (χ1v) is 5.54. The zero-order valence-corrected chi connectivity index (χ0v) is 10.5. The van der Waals surface area contributed by atoms with Gasteiger partial charge >= 0.3 is 5.97 Å². The molecule has 0 bridgehead atoms. The van der Waals surface area contributed by atoms with Gasteiger partial charge in [-0.05, 0) is 37.1 Å². The van der Waals surface area contributed by atoms with Gasteiger partial charge in [-0.1, -0.05) is 0 Å². The smallest absolute Gasteiger partial charge is 0.349 e. The number of nitro groups is 1. The summed E-state index contributed by atoms with van der Waals surface area (Å²) < 4.78 is 4.77. The first-order valence-electron chi connectivity index (χ1n) is 5.54. The number of nitro benzene ring substituents is 1. The minimum absolute atomic E-state index is 0.0498. The monoisotopic (exact) mass is 260 g/mol. The van der Waals surface area contributed by atoms with Gasteiger partial charge in [0.05, 0.1) is 11.5 Å². The molecule has 0 aliphatic rings. The Bertz CT molecular complexity index is 567. The number of non-ortho nitro benzene ring substituents is 1. The van der Waals surface area contributed by atoms with Crippen molar-refractivity contribution in [3.63, 3.8) is 0 Å². The van der Waals surface area contributed by atoms with Gasteiger partial charge in [0.1, 0.15) is 11.6 Å². The molecule has 19 heavy (non-hydrogen) atoms. The zero-order chi connectivity index (χ0) is 14.4. The molecule has 0 N–H and O–H groups in total. The maximum Gasteiger partial charge on any atom is 0.349 e. The molecule has 0 amide bonds. The number of carbonyl (C=O) groups excluding carboxylic acids is 1. The summed E-state index contributed by atoms with van der Waals surface area (Å²) in [6, 6.07) is 7.41. The second-order valence-corrected chi connectivity index (χ2v) is 3.64. The largest absolute Gasteiger partial charge is 0.462 e. The van der Waals surface area contributed by atoms with Crippen molar-refractivity contribution in [1.82, 2.24) is 0 Å². The molecule has 0 atom stereocenters.